The Morgan fingerprint density at radius 3 is 3.00 bits per heavy atom. The standard InChI is InChI=1S/C9H12ClNO2/c1-2-3-4-5-8-7(9(10)12)6-11-13-8/h6H,2-5H2,1H3. The number of halogens is 1. The highest BCUT2D eigenvalue weighted by Gasteiger charge is 2.12. The molecule has 1 aromatic rings. The largest absolute Gasteiger partial charge is 0.361 e. The molecule has 0 spiro atoms. The molecule has 1 heterocycles. The van der Waals surface area contributed by atoms with E-state index in [0.29, 0.717) is 11.3 Å². The SMILES string of the molecule is CCCCCc1oncc1C(=O)Cl. The maximum absolute atomic E-state index is 10.8. The molecule has 0 aliphatic carbocycles. The molecule has 0 amide bonds. The lowest BCUT2D eigenvalue weighted by molar-refractivity contribution is 0.107. The third-order valence-electron chi connectivity index (χ3n) is 1.86. The molecule has 0 aromatic carbocycles. The Hall–Kier alpha value is -0.830. The quantitative estimate of drug-likeness (QED) is 0.544. The Kier molecular flexibility index (Phi) is 3.96. The average Bonchev–Trinajstić information content (AvgIpc) is 2.53. The van der Waals surface area contributed by atoms with E-state index >= 15 is 0 Å². The Morgan fingerprint density at radius 1 is 1.62 bits per heavy atom. The molecule has 0 fully saturated rings. The number of aryl methyl sites for hydroxylation is 1. The molecule has 0 bridgehead atoms. The van der Waals surface area contributed by atoms with Crippen LogP contribution in [0.4, 0.5) is 0 Å². The number of hydrogen-bond donors (Lipinski definition) is 0. The second-order valence-electron chi connectivity index (χ2n) is 2.89. The van der Waals surface area contributed by atoms with Gasteiger partial charge in [-0.25, -0.2) is 0 Å². The zero-order valence-corrected chi connectivity index (χ0v) is 8.30. The van der Waals surface area contributed by atoms with E-state index < -0.39 is 5.24 Å². The highest BCUT2D eigenvalue weighted by molar-refractivity contribution is 6.67. The van der Waals surface area contributed by atoms with Crippen molar-refractivity contribution in [1.29, 1.82) is 0 Å². The van der Waals surface area contributed by atoms with Crippen molar-refractivity contribution < 1.29 is 9.32 Å². The third-order valence-corrected chi connectivity index (χ3v) is 2.07. The monoisotopic (exact) mass is 201 g/mol. The Bertz CT molecular complexity index is 283. The number of nitrogens with zero attached hydrogens (tertiary/aromatic N) is 1. The van der Waals surface area contributed by atoms with Crippen LogP contribution >= 0.6 is 11.6 Å². The van der Waals surface area contributed by atoms with Crippen LogP contribution in [0, 0.1) is 0 Å². The first-order chi connectivity index (χ1) is 6.25. The zero-order chi connectivity index (χ0) is 9.68. The topological polar surface area (TPSA) is 43.1 Å². The molecule has 0 atom stereocenters. The van der Waals surface area contributed by atoms with E-state index in [9.17, 15) is 4.79 Å². The van der Waals surface area contributed by atoms with E-state index in [-0.39, 0.29) is 0 Å². The van der Waals surface area contributed by atoms with Crippen LogP contribution in [0.3, 0.4) is 0 Å². The third kappa shape index (κ3) is 2.84. The van der Waals surface area contributed by atoms with Gasteiger partial charge >= 0.3 is 0 Å². The van der Waals surface area contributed by atoms with Gasteiger partial charge in [0.15, 0.2) is 0 Å². The number of hydrogen-bond acceptors (Lipinski definition) is 3. The normalized spacial score (nSPS) is 10.3. The molecule has 0 radical (unpaired) electrons. The number of rotatable bonds is 5. The molecule has 4 heteroatoms. The fourth-order valence-electron chi connectivity index (χ4n) is 1.14. The van der Waals surface area contributed by atoms with E-state index in [1.807, 2.05) is 0 Å². The predicted octanol–water partition coefficient (Wildman–Crippen LogP) is 2.79. The van der Waals surface area contributed by atoms with E-state index in [0.717, 1.165) is 25.7 Å². The van der Waals surface area contributed by atoms with Crippen molar-refractivity contribution >= 4 is 16.8 Å². The molecular formula is C9H12ClNO2. The lowest BCUT2D eigenvalue weighted by Crippen LogP contribution is -1.93. The minimum Gasteiger partial charge on any atom is -0.361 e. The minimum absolute atomic E-state index is 0.401. The van der Waals surface area contributed by atoms with Gasteiger partial charge in [0.05, 0.1) is 11.8 Å². The molecule has 13 heavy (non-hydrogen) atoms. The number of unbranched alkanes of at least 4 members (excludes halogenated alkanes) is 2. The molecule has 0 saturated carbocycles. The van der Waals surface area contributed by atoms with Crippen molar-refractivity contribution in [1.82, 2.24) is 5.16 Å². The molecule has 0 unspecified atom stereocenters. The van der Waals surface area contributed by atoms with Crippen molar-refractivity contribution in [3.8, 4) is 0 Å². The summed E-state index contributed by atoms with van der Waals surface area (Å²) >= 11 is 5.32. The molecule has 0 saturated heterocycles. The first-order valence-electron chi connectivity index (χ1n) is 4.39. The lowest BCUT2D eigenvalue weighted by Gasteiger charge is -1.95. The maximum Gasteiger partial charge on any atom is 0.257 e. The van der Waals surface area contributed by atoms with Crippen LogP contribution in [0.15, 0.2) is 10.7 Å². The second kappa shape index (κ2) is 5.02. The molecule has 1 aromatic heterocycles. The second-order valence-corrected chi connectivity index (χ2v) is 3.24. The van der Waals surface area contributed by atoms with Gasteiger partial charge in [0.1, 0.15) is 5.76 Å². The van der Waals surface area contributed by atoms with E-state index in [1.165, 1.54) is 6.20 Å². The van der Waals surface area contributed by atoms with Crippen molar-refractivity contribution in [3.05, 3.63) is 17.5 Å². The van der Waals surface area contributed by atoms with Crippen molar-refractivity contribution in [2.75, 3.05) is 0 Å². The van der Waals surface area contributed by atoms with Gasteiger partial charge in [-0.05, 0) is 18.0 Å². The lowest BCUT2D eigenvalue weighted by atomic mass is 10.1. The van der Waals surface area contributed by atoms with Gasteiger partial charge in [0.2, 0.25) is 0 Å². The summed E-state index contributed by atoms with van der Waals surface area (Å²) in [6.45, 7) is 2.12. The van der Waals surface area contributed by atoms with Gasteiger partial charge in [-0.1, -0.05) is 24.9 Å². The minimum atomic E-state index is -0.493. The first kappa shape index (κ1) is 10.3. The summed E-state index contributed by atoms with van der Waals surface area (Å²) in [6.07, 6.45) is 5.37. The van der Waals surface area contributed by atoms with Crippen LogP contribution in [-0.2, 0) is 6.42 Å². The molecule has 72 valence electrons. The van der Waals surface area contributed by atoms with Crippen LogP contribution in [0.5, 0.6) is 0 Å². The maximum atomic E-state index is 10.8. The summed E-state index contributed by atoms with van der Waals surface area (Å²) in [5.41, 5.74) is 0.401. The van der Waals surface area contributed by atoms with Crippen LogP contribution in [0.1, 0.15) is 42.3 Å². The number of carbonyl (C=O) groups is 1. The summed E-state index contributed by atoms with van der Waals surface area (Å²) in [6, 6.07) is 0. The fourth-order valence-corrected chi connectivity index (χ4v) is 1.29. The fraction of sp³-hybridized carbons (Fsp3) is 0.556. The highest BCUT2D eigenvalue weighted by Crippen LogP contribution is 2.14. The predicted molar refractivity (Wildman–Crippen MR) is 49.9 cm³/mol. The summed E-state index contributed by atoms with van der Waals surface area (Å²) in [5.74, 6) is 0.605. The van der Waals surface area contributed by atoms with Gasteiger partial charge in [-0.2, -0.15) is 0 Å². The van der Waals surface area contributed by atoms with E-state index in [1.54, 1.807) is 0 Å². The number of aromatic nitrogens is 1. The molecule has 3 nitrogen and oxygen atoms in total. The molecule has 0 aliphatic heterocycles. The molecule has 0 aliphatic rings. The van der Waals surface area contributed by atoms with Crippen LogP contribution in [0.2, 0.25) is 0 Å². The summed E-state index contributed by atoms with van der Waals surface area (Å²) in [4.78, 5) is 10.8. The first-order valence-corrected chi connectivity index (χ1v) is 4.77. The van der Waals surface area contributed by atoms with Crippen molar-refractivity contribution in [3.63, 3.8) is 0 Å². The van der Waals surface area contributed by atoms with Gasteiger partial charge in [-0.15, -0.1) is 0 Å². The van der Waals surface area contributed by atoms with E-state index in [4.69, 9.17) is 16.1 Å². The molecular weight excluding hydrogens is 190 g/mol. The van der Waals surface area contributed by atoms with Crippen molar-refractivity contribution in [2.45, 2.75) is 32.6 Å². The van der Waals surface area contributed by atoms with Gasteiger partial charge in [0.25, 0.3) is 5.24 Å². The van der Waals surface area contributed by atoms with Gasteiger partial charge in [0, 0.05) is 6.42 Å². The number of carbonyl (C=O) groups excluding carboxylic acids is 1. The smallest absolute Gasteiger partial charge is 0.257 e. The summed E-state index contributed by atoms with van der Waals surface area (Å²) in [5, 5.41) is 3.05. The van der Waals surface area contributed by atoms with Gasteiger partial charge in [-0.3, -0.25) is 4.79 Å². The Labute approximate surface area is 82.1 Å². The van der Waals surface area contributed by atoms with Crippen LogP contribution < -0.4 is 0 Å². The van der Waals surface area contributed by atoms with Crippen LogP contribution in [-0.4, -0.2) is 10.4 Å². The summed E-state index contributed by atoms with van der Waals surface area (Å²) in [7, 11) is 0. The van der Waals surface area contributed by atoms with Crippen LogP contribution in [0.25, 0.3) is 0 Å². The summed E-state index contributed by atoms with van der Waals surface area (Å²) < 4.78 is 4.92. The van der Waals surface area contributed by atoms with Gasteiger partial charge < -0.3 is 4.52 Å². The Morgan fingerprint density at radius 2 is 2.38 bits per heavy atom. The molecule has 0 N–H and O–H groups in total. The van der Waals surface area contributed by atoms with E-state index in [2.05, 4.69) is 12.1 Å². The molecule has 1 rings (SSSR count). The van der Waals surface area contributed by atoms with Crippen molar-refractivity contribution in [2.24, 2.45) is 0 Å². The average molecular weight is 202 g/mol. The highest BCUT2D eigenvalue weighted by atomic mass is 35.5. The Balaban J connectivity index is 2.55. The zero-order valence-electron chi connectivity index (χ0n) is 7.55.